The first-order chi connectivity index (χ1) is 16.2. The minimum atomic E-state index is -4.71. The van der Waals surface area contributed by atoms with Crippen molar-refractivity contribution in [2.45, 2.75) is 25.9 Å². The second kappa shape index (κ2) is 10.0. The highest BCUT2D eigenvalue weighted by atomic mass is 19.4. The maximum atomic E-state index is 12.4. The second-order valence-electron chi connectivity index (χ2n) is 8.00. The Labute approximate surface area is 195 Å². The van der Waals surface area contributed by atoms with Gasteiger partial charge < -0.3 is 15.0 Å². The molecule has 1 aromatic heterocycles. The largest absolute Gasteiger partial charge is 0.573 e. The number of carbonyl (C=O) groups is 1. The number of carbonyl (C=O) groups excluding carboxylic acids is 1. The molecule has 2 heterocycles. The third kappa shape index (κ3) is 6.38. The molecule has 1 saturated heterocycles. The van der Waals surface area contributed by atoms with Crippen molar-refractivity contribution in [2.75, 3.05) is 28.7 Å². The van der Waals surface area contributed by atoms with Crippen LogP contribution in [0.1, 0.15) is 12.5 Å². The molecular formula is C24H24F3N5O2. The first kappa shape index (κ1) is 23.4. The lowest BCUT2D eigenvalue weighted by Gasteiger charge is -2.21. The second-order valence-corrected chi connectivity index (χ2v) is 8.00. The molecule has 0 spiro atoms. The fourth-order valence-electron chi connectivity index (χ4n) is 3.78. The third-order valence-corrected chi connectivity index (χ3v) is 5.38. The number of ether oxygens (including phenoxy) is 1. The number of nitrogens with one attached hydrogen (secondary N) is 2. The van der Waals surface area contributed by atoms with Gasteiger partial charge in [0, 0.05) is 36.7 Å². The van der Waals surface area contributed by atoms with Crippen molar-refractivity contribution in [1.29, 1.82) is 0 Å². The van der Waals surface area contributed by atoms with Gasteiger partial charge in [-0.1, -0.05) is 18.2 Å². The fraction of sp³-hybridized carbons (Fsp3) is 0.250. The van der Waals surface area contributed by atoms with Gasteiger partial charge in [-0.2, -0.15) is 0 Å². The summed E-state index contributed by atoms with van der Waals surface area (Å²) < 4.78 is 41.1. The van der Waals surface area contributed by atoms with Crippen LogP contribution in [-0.2, 0) is 6.54 Å². The molecule has 7 nitrogen and oxygen atoms in total. The van der Waals surface area contributed by atoms with Crippen LogP contribution in [0.3, 0.4) is 0 Å². The van der Waals surface area contributed by atoms with Gasteiger partial charge in [-0.15, -0.1) is 13.2 Å². The minimum Gasteiger partial charge on any atom is -0.406 e. The highest BCUT2D eigenvalue weighted by Gasteiger charge is 2.31. The summed E-state index contributed by atoms with van der Waals surface area (Å²) in [4.78, 5) is 20.8. The summed E-state index contributed by atoms with van der Waals surface area (Å²) in [5.41, 5.74) is 2.48. The van der Waals surface area contributed by atoms with E-state index in [1.165, 1.54) is 12.1 Å². The zero-order valence-corrected chi connectivity index (χ0v) is 18.4. The van der Waals surface area contributed by atoms with Crippen molar-refractivity contribution in [3.8, 4) is 5.75 Å². The van der Waals surface area contributed by atoms with Crippen LogP contribution in [0.25, 0.3) is 0 Å². The smallest absolute Gasteiger partial charge is 0.406 e. The van der Waals surface area contributed by atoms with Gasteiger partial charge in [0.15, 0.2) is 0 Å². The summed E-state index contributed by atoms with van der Waals surface area (Å²) in [6.45, 7) is 4.06. The highest BCUT2D eigenvalue weighted by Crippen LogP contribution is 2.28. The van der Waals surface area contributed by atoms with Gasteiger partial charge in [0.1, 0.15) is 11.6 Å². The van der Waals surface area contributed by atoms with Crippen LogP contribution < -0.4 is 20.3 Å². The number of urea groups is 1. The molecule has 2 amide bonds. The van der Waals surface area contributed by atoms with Crippen molar-refractivity contribution < 1.29 is 22.7 Å². The van der Waals surface area contributed by atoms with Crippen molar-refractivity contribution >= 4 is 23.2 Å². The first-order valence-corrected chi connectivity index (χ1v) is 10.7. The molecule has 1 aliphatic rings. The Balaban J connectivity index is 1.34. The first-order valence-electron chi connectivity index (χ1n) is 10.7. The number of halogens is 3. The lowest BCUT2D eigenvalue weighted by Crippen LogP contribution is -2.28. The van der Waals surface area contributed by atoms with Crippen molar-refractivity contribution in [2.24, 2.45) is 0 Å². The molecule has 0 radical (unpaired) electrons. The van der Waals surface area contributed by atoms with Crippen LogP contribution in [0, 0.1) is 0 Å². The standard InChI is InChI=1S/C24H24F3N5O2/c1-17-14-32(20-7-9-21(10-8-20)34-24(25,26)27)16-31(17)15-18-11-12-28-22(13-18)30-23(33)29-19-5-3-2-4-6-19/h2-13,17H,14-16H2,1H3,(H2,28,29,30,33). The number of hydrogen-bond donors (Lipinski definition) is 2. The molecule has 2 aromatic carbocycles. The molecule has 1 aliphatic heterocycles. The van der Waals surface area contributed by atoms with E-state index in [0.29, 0.717) is 24.7 Å². The van der Waals surface area contributed by atoms with E-state index >= 15 is 0 Å². The molecule has 0 saturated carbocycles. The normalized spacial score (nSPS) is 16.4. The third-order valence-electron chi connectivity index (χ3n) is 5.38. The summed E-state index contributed by atoms with van der Waals surface area (Å²) in [5.74, 6) is 0.198. The molecule has 4 rings (SSSR count). The zero-order chi connectivity index (χ0) is 24.1. The van der Waals surface area contributed by atoms with Gasteiger partial charge in [0.25, 0.3) is 0 Å². The average molecular weight is 471 g/mol. The quantitative estimate of drug-likeness (QED) is 0.511. The molecule has 34 heavy (non-hydrogen) atoms. The number of benzene rings is 2. The molecule has 178 valence electrons. The summed E-state index contributed by atoms with van der Waals surface area (Å²) >= 11 is 0. The number of hydrogen-bond acceptors (Lipinski definition) is 5. The fourth-order valence-corrected chi connectivity index (χ4v) is 3.78. The number of alkyl halides is 3. The molecule has 1 fully saturated rings. The number of amides is 2. The Bertz CT molecular complexity index is 1110. The van der Waals surface area contributed by atoms with Gasteiger partial charge in [-0.25, -0.2) is 9.78 Å². The number of pyridine rings is 1. The monoisotopic (exact) mass is 471 g/mol. The maximum Gasteiger partial charge on any atom is 0.573 e. The van der Waals surface area contributed by atoms with E-state index < -0.39 is 6.36 Å². The average Bonchev–Trinajstić information content (AvgIpc) is 3.14. The molecule has 0 aliphatic carbocycles. The van der Waals surface area contributed by atoms with Gasteiger partial charge in [0.05, 0.1) is 6.67 Å². The topological polar surface area (TPSA) is 69.7 Å². The summed E-state index contributed by atoms with van der Waals surface area (Å²) in [6, 6.07) is 18.5. The van der Waals surface area contributed by atoms with Gasteiger partial charge in [-0.05, 0) is 61.0 Å². The van der Waals surface area contributed by atoms with Crippen LogP contribution in [-0.4, -0.2) is 41.5 Å². The zero-order valence-electron chi connectivity index (χ0n) is 18.4. The predicted octanol–water partition coefficient (Wildman–Crippen LogP) is 5.29. The van der Waals surface area contributed by atoms with Crippen LogP contribution in [0.5, 0.6) is 5.75 Å². The maximum absolute atomic E-state index is 12.4. The van der Waals surface area contributed by atoms with Crippen LogP contribution in [0.2, 0.25) is 0 Å². The predicted molar refractivity (Wildman–Crippen MR) is 124 cm³/mol. The minimum absolute atomic E-state index is 0.219. The van der Waals surface area contributed by atoms with E-state index in [1.54, 1.807) is 30.5 Å². The molecule has 3 aromatic rings. The van der Waals surface area contributed by atoms with E-state index in [2.05, 4.69) is 37.1 Å². The molecule has 1 unspecified atom stereocenters. The molecule has 1 atom stereocenters. The molecule has 10 heteroatoms. The number of aromatic nitrogens is 1. The Morgan fingerprint density at radius 1 is 1.09 bits per heavy atom. The van der Waals surface area contributed by atoms with Crippen LogP contribution >= 0.6 is 0 Å². The lowest BCUT2D eigenvalue weighted by molar-refractivity contribution is -0.274. The van der Waals surface area contributed by atoms with Crippen LogP contribution in [0.4, 0.5) is 35.2 Å². The van der Waals surface area contributed by atoms with Gasteiger partial charge >= 0.3 is 12.4 Å². The number of rotatable bonds is 6. The number of anilines is 3. The Morgan fingerprint density at radius 3 is 2.53 bits per heavy atom. The van der Waals surface area contributed by atoms with Crippen molar-refractivity contribution in [3.63, 3.8) is 0 Å². The van der Waals surface area contributed by atoms with E-state index in [4.69, 9.17) is 0 Å². The Kier molecular flexibility index (Phi) is 6.87. The summed E-state index contributed by atoms with van der Waals surface area (Å²) in [7, 11) is 0. The SMILES string of the molecule is CC1CN(c2ccc(OC(F)(F)F)cc2)CN1Cc1ccnc(NC(=O)Nc2ccccc2)c1. The summed E-state index contributed by atoms with van der Waals surface area (Å²) in [5, 5.41) is 5.49. The molecule has 2 N–H and O–H groups in total. The van der Waals surface area contributed by atoms with Crippen molar-refractivity contribution in [1.82, 2.24) is 9.88 Å². The highest BCUT2D eigenvalue weighted by molar-refractivity contribution is 5.99. The lowest BCUT2D eigenvalue weighted by atomic mass is 10.2. The van der Waals surface area contributed by atoms with E-state index in [-0.39, 0.29) is 17.8 Å². The van der Waals surface area contributed by atoms with Gasteiger partial charge in [-0.3, -0.25) is 10.2 Å². The van der Waals surface area contributed by atoms with E-state index in [9.17, 15) is 18.0 Å². The van der Waals surface area contributed by atoms with Crippen LogP contribution in [0.15, 0.2) is 72.9 Å². The number of para-hydroxylation sites is 1. The van der Waals surface area contributed by atoms with E-state index in [0.717, 1.165) is 17.8 Å². The van der Waals surface area contributed by atoms with E-state index in [1.807, 2.05) is 30.3 Å². The molecule has 0 bridgehead atoms. The molecular weight excluding hydrogens is 447 g/mol. The number of nitrogens with zero attached hydrogens (tertiary/aromatic N) is 3. The Morgan fingerprint density at radius 2 is 1.82 bits per heavy atom. The summed E-state index contributed by atoms with van der Waals surface area (Å²) in [6.07, 6.45) is -3.06. The van der Waals surface area contributed by atoms with Crippen molar-refractivity contribution in [3.05, 3.63) is 78.5 Å². The van der Waals surface area contributed by atoms with Gasteiger partial charge in [0.2, 0.25) is 0 Å². The Hall–Kier alpha value is -3.79.